The van der Waals surface area contributed by atoms with E-state index in [1.54, 1.807) is 24.5 Å². The lowest BCUT2D eigenvalue weighted by molar-refractivity contribution is 1.23. The van der Waals surface area contributed by atoms with Crippen LogP contribution in [0, 0.1) is 5.41 Å². The predicted molar refractivity (Wildman–Crippen MR) is 94.5 cm³/mol. The molecule has 5 nitrogen and oxygen atoms in total. The highest BCUT2D eigenvalue weighted by Crippen LogP contribution is 2.35. The molecule has 0 spiro atoms. The fraction of sp³-hybridized carbons (Fsp3) is 0.0625. The van der Waals surface area contributed by atoms with E-state index in [9.17, 15) is 0 Å². The van der Waals surface area contributed by atoms with Crippen molar-refractivity contribution in [1.82, 2.24) is 15.0 Å². The summed E-state index contributed by atoms with van der Waals surface area (Å²) in [5.41, 5.74) is 2.29. The van der Waals surface area contributed by atoms with Gasteiger partial charge in [0, 0.05) is 34.8 Å². The molecule has 0 bridgehead atoms. The van der Waals surface area contributed by atoms with Crippen molar-refractivity contribution in [1.29, 1.82) is 5.41 Å². The molecule has 3 N–H and O–H groups in total. The van der Waals surface area contributed by atoms with Crippen LogP contribution in [0.4, 0.5) is 5.82 Å². The van der Waals surface area contributed by atoms with Crippen molar-refractivity contribution >= 4 is 35.2 Å². The number of anilines is 1. The SMILES string of the molecule is N=CCNc1ccc(-c2ncc[nH]2)c(-c2ccc(Cl)cc2Cl)n1. The fourth-order valence-corrected chi connectivity index (χ4v) is 2.70. The number of benzene rings is 1. The number of hydrogen-bond donors (Lipinski definition) is 3. The van der Waals surface area contributed by atoms with Crippen LogP contribution in [0.1, 0.15) is 0 Å². The van der Waals surface area contributed by atoms with Crippen LogP contribution in [0.15, 0.2) is 42.7 Å². The molecule has 0 amide bonds. The summed E-state index contributed by atoms with van der Waals surface area (Å²) in [6.45, 7) is 0.404. The predicted octanol–water partition coefficient (Wildman–Crippen LogP) is 4.51. The first-order chi connectivity index (χ1) is 11.2. The normalized spacial score (nSPS) is 10.5. The third-order valence-corrected chi connectivity index (χ3v) is 3.77. The summed E-state index contributed by atoms with van der Waals surface area (Å²) in [6, 6.07) is 9.05. The number of aromatic nitrogens is 3. The van der Waals surface area contributed by atoms with Gasteiger partial charge in [-0.3, -0.25) is 0 Å². The second kappa shape index (κ2) is 6.81. The number of rotatable bonds is 5. The number of hydrogen-bond acceptors (Lipinski definition) is 4. The maximum atomic E-state index is 7.12. The molecule has 0 saturated carbocycles. The molecule has 0 unspecified atom stereocenters. The number of H-pyrrole nitrogens is 1. The van der Waals surface area contributed by atoms with Crippen LogP contribution < -0.4 is 5.32 Å². The van der Waals surface area contributed by atoms with Gasteiger partial charge < -0.3 is 15.7 Å². The van der Waals surface area contributed by atoms with Gasteiger partial charge >= 0.3 is 0 Å². The van der Waals surface area contributed by atoms with Crippen molar-refractivity contribution in [3.8, 4) is 22.6 Å². The van der Waals surface area contributed by atoms with E-state index in [0.717, 1.165) is 11.1 Å². The Hall–Kier alpha value is -2.37. The van der Waals surface area contributed by atoms with Crippen molar-refractivity contribution < 1.29 is 0 Å². The van der Waals surface area contributed by atoms with Gasteiger partial charge in [-0.25, -0.2) is 9.97 Å². The molecule has 0 aliphatic carbocycles. The molecule has 2 aromatic heterocycles. The van der Waals surface area contributed by atoms with Crippen LogP contribution in [0.3, 0.4) is 0 Å². The summed E-state index contributed by atoms with van der Waals surface area (Å²) < 4.78 is 0. The molecule has 1 aromatic carbocycles. The smallest absolute Gasteiger partial charge is 0.139 e. The summed E-state index contributed by atoms with van der Waals surface area (Å²) in [7, 11) is 0. The molecular weight excluding hydrogens is 333 g/mol. The summed E-state index contributed by atoms with van der Waals surface area (Å²) >= 11 is 12.3. The number of imidazole rings is 1. The Bertz CT molecular complexity index is 830. The average Bonchev–Trinajstić information content (AvgIpc) is 3.07. The van der Waals surface area contributed by atoms with Crippen molar-refractivity contribution in [3.63, 3.8) is 0 Å². The molecule has 0 fully saturated rings. The zero-order valence-electron chi connectivity index (χ0n) is 12.0. The standard InChI is InChI=1S/C16H13Cl2N5/c17-10-1-2-11(13(18)9-10)15-12(16-21-7-8-22-16)3-4-14(23-15)20-6-5-19/h1-5,7-9,19H,6H2,(H,20,23)(H,21,22). The quantitative estimate of drug-likeness (QED) is 0.595. The number of nitrogens with zero attached hydrogens (tertiary/aromatic N) is 2. The largest absolute Gasteiger partial charge is 0.365 e. The van der Waals surface area contributed by atoms with E-state index in [1.807, 2.05) is 18.2 Å². The van der Waals surface area contributed by atoms with Crippen molar-refractivity contribution in [3.05, 3.63) is 52.8 Å². The molecule has 2 heterocycles. The maximum absolute atomic E-state index is 7.12. The Morgan fingerprint density at radius 2 is 2.00 bits per heavy atom. The lowest BCUT2D eigenvalue weighted by atomic mass is 10.0. The number of halogens is 2. The molecule has 3 rings (SSSR count). The maximum Gasteiger partial charge on any atom is 0.139 e. The van der Waals surface area contributed by atoms with Crippen molar-refractivity contribution in [2.24, 2.45) is 0 Å². The van der Waals surface area contributed by atoms with Gasteiger partial charge in [0.1, 0.15) is 11.6 Å². The molecule has 3 aromatic rings. The van der Waals surface area contributed by atoms with E-state index in [4.69, 9.17) is 28.6 Å². The minimum Gasteiger partial charge on any atom is -0.365 e. The highest BCUT2D eigenvalue weighted by Gasteiger charge is 2.15. The van der Waals surface area contributed by atoms with Crippen LogP contribution in [-0.4, -0.2) is 27.7 Å². The van der Waals surface area contributed by atoms with Gasteiger partial charge in [0.15, 0.2) is 0 Å². The minimum absolute atomic E-state index is 0.404. The van der Waals surface area contributed by atoms with Gasteiger partial charge in [-0.15, -0.1) is 0 Å². The summed E-state index contributed by atoms with van der Waals surface area (Å²) in [4.78, 5) is 12.0. The Morgan fingerprint density at radius 3 is 2.70 bits per heavy atom. The molecule has 0 aliphatic heterocycles. The zero-order valence-corrected chi connectivity index (χ0v) is 13.5. The van der Waals surface area contributed by atoms with E-state index < -0.39 is 0 Å². The molecular formula is C16H13Cl2N5. The van der Waals surface area contributed by atoms with Gasteiger partial charge in [0.25, 0.3) is 0 Å². The summed E-state index contributed by atoms with van der Waals surface area (Å²) in [6.07, 6.45) is 4.71. The van der Waals surface area contributed by atoms with Crippen LogP contribution in [0.25, 0.3) is 22.6 Å². The van der Waals surface area contributed by atoms with Gasteiger partial charge in [-0.05, 0) is 30.3 Å². The lowest BCUT2D eigenvalue weighted by Gasteiger charge is -2.12. The molecule has 0 radical (unpaired) electrons. The Kier molecular flexibility index (Phi) is 4.60. The van der Waals surface area contributed by atoms with E-state index in [2.05, 4.69) is 20.3 Å². The van der Waals surface area contributed by atoms with Crippen molar-refractivity contribution in [2.45, 2.75) is 0 Å². The first-order valence-electron chi connectivity index (χ1n) is 6.88. The fourth-order valence-electron chi connectivity index (χ4n) is 2.20. The van der Waals surface area contributed by atoms with Gasteiger partial charge in [-0.1, -0.05) is 23.2 Å². The third-order valence-electron chi connectivity index (χ3n) is 3.22. The molecule has 0 atom stereocenters. The average molecular weight is 346 g/mol. The topological polar surface area (TPSA) is 77.5 Å². The molecule has 7 heteroatoms. The number of aromatic amines is 1. The zero-order chi connectivity index (χ0) is 16.2. The summed E-state index contributed by atoms with van der Waals surface area (Å²) in [5, 5.41) is 11.3. The second-order valence-corrected chi connectivity index (χ2v) is 5.58. The van der Waals surface area contributed by atoms with Crippen LogP contribution >= 0.6 is 23.2 Å². The van der Waals surface area contributed by atoms with Gasteiger partial charge in [0.05, 0.1) is 17.3 Å². The van der Waals surface area contributed by atoms with Gasteiger partial charge in [0.2, 0.25) is 0 Å². The highest BCUT2D eigenvalue weighted by molar-refractivity contribution is 6.36. The minimum atomic E-state index is 0.404. The van der Waals surface area contributed by atoms with E-state index in [-0.39, 0.29) is 0 Å². The Morgan fingerprint density at radius 1 is 1.17 bits per heavy atom. The first-order valence-corrected chi connectivity index (χ1v) is 7.63. The van der Waals surface area contributed by atoms with Crippen LogP contribution in [0.5, 0.6) is 0 Å². The van der Waals surface area contributed by atoms with E-state index >= 15 is 0 Å². The van der Waals surface area contributed by atoms with Gasteiger partial charge in [-0.2, -0.15) is 0 Å². The van der Waals surface area contributed by atoms with E-state index in [0.29, 0.717) is 33.9 Å². The highest BCUT2D eigenvalue weighted by atomic mass is 35.5. The van der Waals surface area contributed by atoms with Crippen molar-refractivity contribution in [2.75, 3.05) is 11.9 Å². The third kappa shape index (κ3) is 3.36. The lowest BCUT2D eigenvalue weighted by Crippen LogP contribution is -2.05. The molecule has 23 heavy (non-hydrogen) atoms. The molecule has 0 saturated heterocycles. The second-order valence-electron chi connectivity index (χ2n) is 4.74. The number of nitrogens with one attached hydrogen (secondary N) is 3. The molecule has 116 valence electrons. The van der Waals surface area contributed by atoms with E-state index in [1.165, 1.54) is 6.21 Å². The van der Waals surface area contributed by atoms with Crippen LogP contribution in [0.2, 0.25) is 10.0 Å². The number of pyridine rings is 1. The Labute approximate surface area is 143 Å². The monoisotopic (exact) mass is 345 g/mol. The first kappa shape index (κ1) is 15.5. The van der Waals surface area contributed by atoms with Crippen LogP contribution in [-0.2, 0) is 0 Å². The Balaban J connectivity index is 2.15. The molecule has 0 aliphatic rings. The summed E-state index contributed by atoms with van der Waals surface area (Å²) in [5.74, 6) is 1.36.